The molecule has 0 aromatic heterocycles. The van der Waals surface area contributed by atoms with Crippen molar-refractivity contribution in [1.29, 1.82) is 0 Å². The van der Waals surface area contributed by atoms with Crippen LogP contribution in [0.2, 0.25) is 0 Å². The molecule has 15 nitrogen and oxygen atoms in total. The fourth-order valence-electron chi connectivity index (χ4n) is 4.78. The molecule has 22 heteroatoms. The van der Waals surface area contributed by atoms with Crippen molar-refractivity contribution in [3.8, 4) is 11.5 Å². The van der Waals surface area contributed by atoms with Crippen LogP contribution in [0, 0.1) is 0 Å². The van der Waals surface area contributed by atoms with Gasteiger partial charge in [-0.15, -0.1) is 11.6 Å². The number of alkyl halides is 1. The molecular weight excluding hydrogens is 773 g/mol. The van der Waals surface area contributed by atoms with Gasteiger partial charge in [0.1, 0.15) is 47.2 Å². The molecule has 0 unspecified atom stereocenters. The third kappa shape index (κ3) is 9.75. The van der Waals surface area contributed by atoms with Gasteiger partial charge in [0.25, 0.3) is 5.91 Å². The van der Waals surface area contributed by atoms with Crippen LogP contribution in [-0.4, -0.2) is 69.0 Å². The number of ether oxygens (including phenoxy) is 2. The smallest absolute Gasteiger partial charge is 0.744 e. The Labute approximate surface area is 356 Å². The van der Waals surface area contributed by atoms with Crippen molar-refractivity contribution in [3.63, 3.8) is 0 Å². The first-order chi connectivity index (χ1) is 21.9. The molecule has 0 aliphatic carbocycles. The molecule has 246 valence electrons. The first kappa shape index (κ1) is 44.7. The molecule has 1 amide bonds. The van der Waals surface area contributed by atoms with Crippen molar-refractivity contribution in [2.75, 3.05) is 6.61 Å². The van der Waals surface area contributed by atoms with Crippen molar-refractivity contribution in [2.24, 2.45) is 5.10 Å². The summed E-state index contributed by atoms with van der Waals surface area (Å²) in [4.78, 5) is 21.1. The average Bonchev–Trinajstić information content (AvgIpc) is 2.97. The Morgan fingerprint density at radius 3 is 1.66 bits per heavy atom. The summed E-state index contributed by atoms with van der Waals surface area (Å²) in [6.45, 7) is 0.665. The second-order valence-corrected chi connectivity index (χ2v) is 14.6. The molecule has 0 radical (unpaired) electrons. The van der Waals surface area contributed by atoms with Crippen molar-refractivity contribution in [2.45, 2.75) is 27.0 Å². The number of carbonyl (C=O) groups is 2. The molecule has 5 aromatic carbocycles. The van der Waals surface area contributed by atoms with Crippen molar-refractivity contribution >= 4 is 92.4 Å². The number of halogens is 1. The van der Waals surface area contributed by atoms with E-state index >= 15 is 0 Å². The van der Waals surface area contributed by atoms with E-state index in [1.54, 1.807) is 0 Å². The molecule has 0 aliphatic heterocycles. The summed E-state index contributed by atoms with van der Waals surface area (Å²) in [6, 6.07) is 11.6. The van der Waals surface area contributed by atoms with E-state index in [1.807, 2.05) is 0 Å². The minimum atomic E-state index is -5.38. The van der Waals surface area contributed by atoms with Gasteiger partial charge in [-0.3, -0.25) is 9.59 Å². The summed E-state index contributed by atoms with van der Waals surface area (Å²) in [5, 5.41) is 1.40. The average molecular weight is 791 g/mol. The number of hydrogen-bond acceptors (Lipinski definition) is 14. The van der Waals surface area contributed by atoms with Crippen LogP contribution < -0.4 is 104 Å². The van der Waals surface area contributed by atoms with Crippen LogP contribution in [0.25, 0.3) is 32.3 Å². The van der Waals surface area contributed by atoms with E-state index in [-0.39, 0.29) is 132 Å². The van der Waals surface area contributed by atoms with Crippen LogP contribution in [0.4, 0.5) is 0 Å². The van der Waals surface area contributed by atoms with Gasteiger partial charge >= 0.3 is 94.6 Å². The zero-order valence-electron chi connectivity index (χ0n) is 26.5. The Morgan fingerprint density at radius 1 is 0.760 bits per heavy atom. The Kier molecular flexibility index (Phi) is 15.3. The summed E-state index contributed by atoms with van der Waals surface area (Å²) in [7, 11) is -16.0. The minimum absolute atomic E-state index is 0. The number of nitrogens with zero attached hydrogens (tertiary/aromatic N) is 1. The SMILES string of the molecule is C[C@@H](Cl)C(=O)Oc1ccc(/C=N\NC(=O)COc2cc(S(=O)(=O)[O-])c3ccc4c(S(=O)(=O)[O-])cc(S(=O)(=O)[O-])c5ccc2c3c54)cc1.[Na+].[Na+].[Na+]. The molecule has 1 atom stereocenters. The fraction of sp³-hybridized carbons (Fsp3) is 0.107. The van der Waals surface area contributed by atoms with Gasteiger partial charge in [-0.2, -0.15) is 5.10 Å². The van der Waals surface area contributed by atoms with E-state index in [9.17, 15) is 48.5 Å². The third-order valence-corrected chi connectivity index (χ3v) is 9.55. The van der Waals surface area contributed by atoms with Gasteiger partial charge in [-0.05, 0) is 55.0 Å². The zero-order valence-corrected chi connectivity index (χ0v) is 35.7. The summed E-state index contributed by atoms with van der Waals surface area (Å²) in [5.74, 6) is -1.63. The molecule has 0 saturated heterocycles. The predicted octanol–water partition coefficient (Wildman–Crippen LogP) is -6.63. The summed E-state index contributed by atoms with van der Waals surface area (Å²) in [6.07, 6.45) is 1.25. The summed E-state index contributed by atoms with van der Waals surface area (Å²) in [5.41, 5.74) is 2.66. The number of benzene rings is 5. The standard InChI is InChI=1S/C28H21ClN2O13S3.3Na/c1-14(29)28(33)44-16-4-2-15(3-5-16)12-30-31-25(32)13-43-21-10-22(45(34,35)36)18-8-9-20-24(47(40,41)42)11-23(46(37,38)39)19-7-6-17(21)26(18)27(19)20;;;/h2-12,14H,13H2,1H3,(H,31,32)(H,34,35,36)(H,37,38,39)(H,40,41,42);;;/q;3*+1/p-3/b30-12-;;;/t14-;;;/m1.../s1. The van der Waals surface area contributed by atoms with Crippen LogP contribution in [0.15, 0.2) is 80.5 Å². The second kappa shape index (κ2) is 17.1. The van der Waals surface area contributed by atoms with E-state index in [0.717, 1.165) is 24.3 Å². The maximum atomic E-state index is 12.5. The normalized spacial score (nSPS) is 12.6. The van der Waals surface area contributed by atoms with Gasteiger partial charge in [-0.1, -0.05) is 18.2 Å². The molecule has 0 aliphatic rings. The third-order valence-electron chi connectivity index (χ3n) is 6.74. The van der Waals surface area contributed by atoms with Gasteiger partial charge in [0.15, 0.2) is 6.61 Å². The molecule has 50 heavy (non-hydrogen) atoms. The topological polar surface area (TPSA) is 249 Å². The number of hydrogen-bond donors (Lipinski definition) is 1. The Hall–Kier alpha value is -1.43. The van der Waals surface area contributed by atoms with E-state index in [0.29, 0.717) is 11.6 Å². The maximum absolute atomic E-state index is 12.5. The molecule has 0 heterocycles. The molecule has 5 rings (SSSR count). The van der Waals surface area contributed by atoms with Gasteiger partial charge < -0.3 is 23.1 Å². The van der Waals surface area contributed by atoms with Gasteiger partial charge in [-0.25, -0.2) is 30.7 Å². The summed E-state index contributed by atoms with van der Waals surface area (Å²) < 4.78 is 120. The Morgan fingerprint density at radius 2 is 1.20 bits per heavy atom. The van der Waals surface area contributed by atoms with Gasteiger partial charge in [0.05, 0.1) is 20.9 Å². The predicted molar refractivity (Wildman–Crippen MR) is 163 cm³/mol. The van der Waals surface area contributed by atoms with Gasteiger partial charge in [0, 0.05) is 32.3 Å². The van der Waals surface area contributed by atoms with E-state index in [4.69, 9.17) is 21.1 Å². The first-order valence-corrected chi connectivity index (χ1v) is 17.6. The van der Waals surface area contributed by atoms with Crippen molar-refractivity contribution in [3.05, 3.63) is 66.2 Å². The van der Waals surface area contributed by atoms with E-state index in [2.05, 4.69) is 10.5 Å². The maximum Gasteiger partial charge on any atom is 1.00 e. The molecule has 0 bridgehead atoms. The number of amides is 1. The number of nitrogens with one attached hydrogen (secondary N) is 1. The van der Waals surface area contributed by atoms with Crippen LogP contribution in [-0.2, 0) is 39.9 Å². The molecule has 0 spiro atoms. The monoisotopic (exact) mass is 790 g/mol. The Balaban J connectivity index is 0.00000289. The fourth-order valence-corrected chi connectivity index (χ4v) is 6.99. The second-order valence-electron chi connectivity index (χ2n) is 9.87. The molecule has 0 fully saturated rings. The van der Waals surface area contributed by atoms with Crippen LogP contribution >= 0.6 is 11.6 Å². The molecular formula is C28H18ClN2Na3O13S3. The first-order valence-electron chi connectivity index (χ1n) is 12.9. The van der Waals surface area contributed by atoms with Crippen molar-refractivity contribution in [1.82, 2.24) is 5.43 Å². The van der Waals surface area contributed by atoms with Crippen LogP contribution in [0.5, 0.6) is 11.5 Å². The number of rotatable bonds is 10. The number of esters is 1. The number of hydrazone groups is 1. The minimum Gasteiger partial charge on any atom is -0.744 e. The van der Waals surface area contributed by atoms with E-state index in [1.165, 1.54) is 43.5 Å². The Bertz CT molecular complexity index is 2410. The zero-order chi connectivity index (χ0) is 34.5. The molecule has 1 N–H and O–H groups in total. The quantitative estimate of drug-likeness (QED) is 0.0202. The van der Waals surface area contributed by atoms with Crippen molar-refractivity contribution < 1.29 is 147 Å². The molecule has 0 saturated carbocycles. The van der Waals surface area contributed by atoms with Crippen LogP contribution in [0.3, 0.4) is 0 Å². The largest absolute Gasteiger partial charge is 1.00 e. The molecule has 5 aromatic rings. The van der Waals surface area contributed by atoms with E-state index < -0.39 is 68.9 Å². The summed E-state index contributed by atoms with van der Waals surface area (Å²) >= 11 is 5.66. The van der Waals surface area contributed by atoms with Crippen LogP contribution in [0.1, 0.15) is 12.5 Å². The number of carbonyl (C=O) groups excluding carboxylic acids is 2. The van der Waals surface area contributed by atoms with Gasteiger partial charge in [0.2, 0.25) is 0 Å².